The van der Waals surface area contributed by atoms with Crippen LogP contribution in [0.5, 0.6) is 0 Å². The van der Waals surface area contributed by atoms with Crippen LogP contribution >= 0.6 is 0 Å². The van der Waals surface area contributed by atoms with E-state index in [1.54, 1.807) is 11.9 Å². The molecule has 7 nitrogen and oxygen atoms in total. The van der Waals surface area contributed by atoms with Crippen LogP contribution in [-0.4, -0.2) is 58.8 Å². The Morgan fingerprint density at radius 2 is 2.13 bits per heavy atom. The first-order chi connectivity index (χ1) is 10.9. The van der Waals surface area contributed by atoms with Crippen molar-refractivity contribution in [2.24, 2.45) is 0 Å². The molecule has 3 heterocycles. The fourth-order valence-corrected chi connectivity index (χ4v) is 3.35. The number of nitrogens with one attached hydrogen (secondary N) is 1. The predicted octanol–water partition coefficient (Wildman–Crippen LogP) is 0.424. The molecule has 23 heavy (non-hydrogen) atoms. The number of carbonyl (C=O) groups excluding carboxylic acids is 2. The number of likely N-dealkylation sites (N-methyl/N-ethyl adjacent to an activating group) is 1. The molecule has 1 aromatic rings. The van der Waals surface area contributed by atoms with Crippen molar-refractivity contribution in [3.8, 4) is 6.07 Å². The number of hydrogen-bond donors (Lipinski definition) is 1. The van der Waals surface area contributed by atoms with Gasteiger partial charge in [0.2, 0.25) is 11.8 Å². The third-order valence-electron chi connectivity index (χ3n) is 4.45. The van der Waals surface area contributed by atoms with E-state index < -0.39 is 6.04 Å². The minimum Gasteiger partial charge on any atom is -0.364 e. The summed E-state index contributed by atoms with van der Waals surface area (Å²) in [6.45, 7) is 4.34. The molecule has 1 aromatic heterocycles. The Balaban J connectivity index is 1.83. The van der Waals surface area contributed by atoms with Gasteiger partial charge in [-0.25, -0.2) is 4.98 Å². The van der Waals surface area contributed by atoms with Crippen LogP contribution in [0.4, 0.5) is 5.82 Å². The van der Waals surface area contributed by atoms with Crippen LogP contribution in [0.15, 0.2) is 6.07 Å². The first-order valence-corrected chi connectivity index (χ1v) is 7.60. The number of fused-ring (bicyclic) bond motifs is 1. The predicted molar refractivity (Wildman–Crippen MR) is 83.6 cm³/mol. The zero-order chi connectivity index (χ0) is 16.7. The highest BCUT2D eigenvalue weighted by Gasteiger charge is 2.44. The summed E-state index contributed by atoms with van der Waals surface area (Å²) in [7, 11) is 1.65. The molecule has 0 aliphatic carbocycles. The average molecular weight is 313 g/mol. The summed E-state index contributed by atoms with van der Waals surface area (Å²) in [6, 6.07) is 3.55. The third-order valence-corrected chi connectivity index (χ3v) is 4.45. The van der Waals surface area contributed by atoms with Gasteiger partial charge in [-0.3, -0.25) is 9.59 Å². The maximum atomic E-state index is 12.2. The summed E-state index contributed by atoms with van der Waals surface area (Å²) in [5, 5.41) is 12.6. The first-order valence-electron chi connectivity index (χ1n) is 7.60. The van der Waals surface area contributed by atoms with Crippen LogP contribution in [0.1, 0.15) is 23.2 Å². The average Bonchev–Trinajstić information content (AvgIpc) is 2.89. The molecule has 1 N–H and O–H groups in total. The Hall–Kier alpha value is -2.62. The third kappa shape index (κ3) is 2.61. The maximum absolute atomic E-state index is 12.2. The minimum absolute atomic E-state index is 0.0252. The van der Waals surface area contributed by atoms with Crippen molar-refractivity contribution in [2.75, 3.05) is 25.5 Å². The van der Waals surface area contributed by atoms with Gasteiger partial charge in [0.15, 0.2) is 0 Å². The molecule has 2 amide bonds. The van der Waals surface area contributed by atoms with Crippen LogP contribution in [0.25, 0.3) is 0 Å². The topological polar surface area (TPSA) is 89.3 Å². The zero-order valence-electron chi connectivity index (χ0n) is 13.5. The lowest BCUT2D eigenvalue weighted by atomic mass is 10.1. The molecule has 120 valence electrons. The molecular weight excluding hydrogens is 294 g/mol. The molecule has 2 fully saturated rings. The number of nitriles is 1. The van der Waals surface area contributed by atoms with Crippen LogP contribution in [-0.2, 0) is 9.59 Å². The van der Waals surface area contributed by atoms with Crippen LogP contribution in [0.3, 0.4) is 0 Å². The van der Waals surface area contributed by atoms with Gasteiger partial charge in [-0.05, 0) is 31.9 Å². The fraction of sp³-hybridized carbons (Fsp3) is 0.500. The van der Waals surface area contributed by atoms with E-state index in [0.717, 1.165) is 11.3 Å². The highest BCUT2D eigenvalue weighted by atomic mass is 16.2. The Labute approximate surface area is 134 Å². The van der Waals surface area contributed by atoms with E-state index in [1.165, 1.54) is 4.90 Å². The Morgan fingerprint density at radius 3 is 2.83 bits per heavy atom. The number of pyridine rings is 1. The first kappa shape index (κ1) is 15.3. The summed E-state index contributed by atoms with van der Waals surface area (Å²) in [5.74, 6) is 0.473. The monoisotopic (exact) mass is 313 g/mol. The second kappa shape index (κ2) is 5.54. The van der Waals surface area contributed by atoms with Gasteiger partial charge in [-0.15, -0.1) is 0 Å². The highest BCUT2D eigenvalue weighted by Crippen LogP contribution is 2.27. The number of amides is 2. The molecular formula is C16H19N5O2. The number of carbonyl (C=O) groups is 2. The quantitative estimate of drug-likeness (QED) is 0.855. The van der Waals surface area contributed by atoms with Gasteiger partial charge in [0.05, 0.1) is 12.1 Å². The Kier molecular flexibility index (Phi) is 3.68. The fourth-order valence-electron chi connectivity index (χ4n) is 3.35. The lowest BCUT2D eigenvalue weighted by Crippen LogP contribution is -2.55. The van der Waals surface area contributed by atoms with E-state index in [1.807, 2.05) is 19.9 Å². The van der Waals surface area contributed by atoms with Crippen molar-refractivity contribution in [2.45, 2.75) is 32.4 Å². The van der Waals surface area contributed by atoms with Crippen molar-refractivity contribution in [1.82, 2.24) is 14.8 Å². The largest absolute Gasteiger partial charge is 0.364 e. The minimum atomic E-state index is -0.407. The maximum Gasteiger partial charge on any atom is 0.245 e. The molecule has 7 heteroatoms. The smallest absolute Gasteiger partial charge is 0.245 e. The van der Waals surface area contributed by atoms with Crippen LogP contribution < -0.4 is 5.32 Å². The van der Waals surface area contributed by atoms with Crippen LogP contribution in [0.2, 0.25) is 0 Å². The standard InChI is InChI=1S/C16H19N5O2/c1-9-4-10(2)18-15(12(9)6-17)19-11-5-13-16(23)20(3)8-14(22)21(13)7-11/h4,11,13H,5,7-8H2,1-3H3,(H,18,19)/t11-,13+/m1/s1. The van der Waals surface area contributed by atoms with E-state index in [9.17, 15) is 14.9 Å². The molecule has 3 rings (SSSR count). The number of aromatic nitrogens is 1. The number of anilines is 1. The van der Waals surface area contributed by atoms with Crippen molar-refractivity contribution in [3.05, 3.63) is 22.9 Å². The number of nitrogens with zero attached hydrogens (tertiary/aromatic N) is 4. The molecule has 0 spiro atoms. The molecule has 0 unspecified atom stereocenters. The summed E-state index contributed by atoms with van der Waals surface area (Å²) in [6.07, 6.45) is 0.536. The second-order valence-corrected chi connectivity index (χ2v) is 6.25. The Morgan fingerprint density at radius 1 is 1.39 bits per heavy atom. The van der Waals surface area contributed by atoms with Gasteiger partial charge in [-0.1, -0.05) is 0 Å². The normalized spacial score (nSPS) is 23.7. The Bertz CT molecular complexity index is 724. The number of aryl methyl sites for hydroxylation is 2. The molecule has 0 radical (unpaired) electrons. The van der Waals surface area contributed by atoms with Crippen molar-refractivity contribution in [1.29, 1.82) is 5.26 Å². The lowest BCUT2D eigenvalue weighted by molar-refractivity contribution is -0.152. The van der Waals surface area contributed by atoms with E-state index in [2.05, 4.69) is 16.4 Å². The van der Waals surface area contributed by atoms with E-state index in [-0.39, 0.29) is 24.4 Å². The van der Waals surface area contributed by atoms with E-state index in [0.29, 0.717) is 24.3 Å². The molecule has 2 saturated heterocycles. The number of hydrogen-bond acceptors (Lipinski definition) is 5. The summed E-state index contributed by atoms with van der Waals surface area (Å²) >= 11 is 0. The molecule has 2 aliphatic heterocycles. The summed E-state index contributed by atoms with van der Waals surface area (Å²) in [5.41, 5.74) is 2.20. The van der Waals surface area contributed by atoms with Gasteiger partial charge in [-0.2, -0.15) is 5.26 Å². The summed E-state index contributed by atoms with van der Waals surface area (Å²) < 4.78 is 0. The van der Waals surface area contributed by atoms with Gasteiger partial charge in [0.1, 0.15) is 17.9 Å². The molecule has 0 bridgehead atoms. The van der Waals surface area contributed by atoms with E-state index in [4.69, 9.17) is 0 Å². The molecule has 2 aliphatic rings. The van der Waals surface area contributed by atoms with E-state index >= 15 is 0 Å². The zero-order valence-corrected chi connectivity index (χ0v) is 13.5. The molecule has 0 saturated carbocycles. The SMILES string of the molecule is Cc1cc(C)c(C#N)c(N[C@@H]2C[C@H]3C(=O)N(C)CC(=O)N3C2)n1. The van der Waals surface area contributed by atoms with Gasteiger partial charge >= 0.3 is 0 Å². The van der Waals surface area contributed by atoms with Crippen LogP contribution in [0, 0.1) is 25.2 Å². The lowest BCUT2D eigenvalue weighted by Gasteiger charge is -2.33. The highest BCUT2D eigenvalue weighted by molar-refractivity contribution is 5.95. The summed E-state index contributed by atoms with van der Waals surface area (Å²) in [4.78, 5) is 31.8. The molecule has 0 aromatic carbocycles. The van der Waals surface area contributed by atoms with Gasteiger partial charge < -0.3 is 15.1 Å². The van der Waals surface area contributed by atoms with Gasteiger partial charge in [0, 0.05) is 25.3 Å². The van der Waals surface area contributed by atoms with Crippen molar-refractivity contribution >= 4 is 17.6 Å². The molecule has 2 atom stereocenters. The number of rotatable bonds is 2. The van der Waals surface area contributed by atoms with Crippen molar-refractivity contribution < 1.29 is 9.59 Å². The van der Waals surface area contributed by atoms with Crippen molar-refractivity contribution in [3.63, 3.8) is 0 Å². The number of piperazine rings is 1. The second-order valence-electron chi connectivity index (χ2n) is 6.25. The van der Waals surface area contributed by atoms with Gasteiger partial charge in [0.25, 0.3) is 0 Å².